The van der Waals surface area contributed by atoms with Crippen LogP contribution in [0, 0.1) is 11.8 Å². The summed E-state index contributed by atoms with van der Waals surface area (Å²) in [4.78, 5) is 50.0. The van der Waals surface area contributed by atoms with Crippen molar-refractivity contribution in [1.29, 1.82) is 0 Å². The molecule has 0 radical (unpaired) electrons. The Balaban J connectivity index is 2.15. The molecule has 0 saturated carbocycles. The van der Waals surface area contributed by atoms with Crippen LogP contribution in [0.3, 0.4) is 0 Å². The van der Waals surface area contributed by atoms with Crippen LogP contribution in [0.2, 0.25) is 0 Å². The monoisotopic (exact) mass is 961 g/mol. The van der Waals surface area contributed by atoms with Crippen LogP contribution < -0.4 is 0 Å². The molecule has 2 aliphatic rings. The molecule has 0 aromatic rings. The molecule has 1 aliphatic heterocycles. The van der Waals surface area contributed by atoms with E-state index in [4.69, 9.17) is 18.5 Å². The van der Waals surface area contributed by atoms with Gasteiger partial charge < -0.3 is 45.0 Å². The van der Waals surface area contributed by atoms with Gasteiger partial charge in [0.2, 0.25) is 0 Å². The Kier molecular flexibility index (Phi) is 31.2. The number of cyclic esters (lactones) is 1. The van der Waals surface area contributed by atoms with Crippen molar-refractivity contribution in [2.24, 2.45) is 11.8 Å². The third-order valence-corrected chi connectivity index (χ3v) is 11.8. The van der Waals surface area contributed by atoms with Crippen molar-refractivity contribution in [3.63, 3.8) is 0 Å². The fourth-order valence-corrected chi connectivity index (χ4v) is 7.90. The molecule has 0 amide bonds. The maximum absolute atomic E-state index is 13.6. The number of aliphatic hydroxyl groups excluding tert-OH is 6. The number of aliphatic hydroxyl groups is 6. The molecule has 0 fully saturated rings. The van der Waals surface area contributed by atoms with Gasteiger partial charge in [-0.25, -0.2) is 4.57 Å². The van der Waals surface area contributed by atoms with E-state index in [1.807, 2.05) is 25.2 Å². The van der Waals surface area contributed by atoms with Crippen LogP contribution in [0.15, 0.2) is 109 Å². The Morgan fingerprint density at radius 1 is 0.791 bits per heavy atom. The topological polar surface area (TPSA) is 247 Å². The van der Waals surface area contributed by atoms with Crippen LogP contribution in [0.1, 0.15) is 117 Å². The smallest absolute Gasteiger partial charge is 0.462 e. The van der Waals surface area contributed by atoms with Gasteiger partial charge in [-0.05, 0) is 76.7 Å². The van der Waals surface area contributed by atoms with Gasteiger partial charge in [0.15, 0.2) is 11.9 Å². The Hall–Kier alpha value is -3.86. The maximum atomic E-state index is 13.6. The van der Waals surface area contributed by atoms with Gasteiger partial charge in [0.1, 0.15) is 31.0 Å². The first-order chi connectivity index (χ1) is 32.2. The minimum Gasteiger partial charge on any atom is -0.462 e. The lowest BCUT2D eigenvalue weighted by Gasteiger charge is -2.36. The molecule has 0 saturated heterocycles. The number of hydrogen-bond donors (Lipinski definition) is 7. The van der Waals surface area contributed by atoms with E-state index in [9.17, 15) is 54.5 Å². The van der Waals surface area contributed by atoms with E-state index in [0.29, 0.717) is 38.5 Å². The highest BCUT2D eigenvalue weighted by molar-refractivity contribution is 7.47. The normalized spacial score (nSPS) is 30.7. The predicted octanol–water partition coefficient (Wildman–Crippen LogP) is 7.22. The highest BCUT2D eigenvalue weighted by atomic mass is 31.2. The molecule has 376 valence electrons. The number of unbranched alkanes of at least 4 members (excludes halogenated alkanes) is 2. The first-order valence-corrected chi connectivity index (χ1v) is 25.2. The second-order valence-electron chi connectivity index (χ2n) is 16.5. The predicted molar refractivity (Wildman–Crippen MR) is 257 cm³/mol. The van der Waals surface area contributed by atoms with E-state index in [2.05, 4.69) is 55.5 Å². The minimum atomic E-state index is -5.45. The Morgan fingerprint density at radius 2 is 1.39 bits per heavy atom. The third-order valence-electron chi connectivity index (χ3n) is 10.9. The lowest BCUT2D eigenvalue weighted by atomic mass is 9.87. The zero-order chi connectivity index (χ0) is 49.3. The van der Waals surface area contributed by atoms with E-state index < -0.39 is 99.4 Å². The minimum absolute atomic E-state index is 0.0151. The molecule has 16 heteroatoms. The first kappa shape index (κ1) is 59.3. The van der Waals surface area contributed by atoms with Gasteiger partial charge in [0.25, 0.3) is 0 Å². The Labute approximate surface area is 397 Å². The van der Waals surface area contributed by atoms with Gasteiger partial charge in [-0.3, -0.25) is 23.4 Å². The summed E-state index contributed by atoms with van der Waals surface area (Å²) in [6, 6.07) is 0. The number of esters is 2. The van der Waals surface area contributed by atoms with E-state index in [-0.39, 0.29) is 19.3 Å². The van der Waals surface area contributed by atoms with Crippen LogP contribution in [0.5, 0.6) is 0 Å². The van der Waals surface area contributed by atoms with Crippen molar-refractivity contribution in [3.05, 3.63) is 109 Å². The molecule has 15 nitrogen and oxygen atoms in total. The number of hydrogen-bond acceptors (Lipinski definition) is 14. The van der Waals surface area contributed by atoms with Crippen molar-refractivity contribution in [1.82, 2.24) is 0 Å². The average molecular weight is 961 g/mol. The molecule has 0 aromatic carbocycles. The van der Waals surface area contributed by atoms with Crippen molar-refractivity contribution >= 4 is 25.5 Å². The first-order valence-electron chi connectivity index (χ1n) is 23.7. The highest BCUT2D eigenvalue weighted by Gasteiger charge is 2.47. The molecule has 11 atom stereocenters. The number of fused-ring (bicyclic) bond motifs is 4. The van der Waals surface area contributed by atoms with E-state index in [1.165, 1.54) is 18.2 Å². The fourth-order valence-electron chi connectivity index (χ4n) is 6.93. The van der Waals surface area contributed by atoms with Gasteiger partial charge in [-0.1, -0.05) is 136 Å². The van der Waals surface area contributed by atoms with Crippen LogP contribution in [-0.4, -0.2) is 115 Å². The molecule has 2 bridgehead atoms. The number of phosphoric acid groups is 1. The standard InChI is InChI=1S/C51H77O15P/c1-3-5-7-8-9-10-11-12-13-14-15-16-17-18-19-20-21-22-28-32-45(55)65-41-37-63-44(54)31-27-24-23-26-29-39-33-36-43(53)42(35-34-40(52)30-25-6-4-2)47(57)49(59)51(50(60)48(58)46(39)56)66-67(61,62)64-38-41/h5,7,9-10,12-13,15-16,18-19,21-23,26,33-36,39-42,46-52,56-60H,3-4,6,8,11,14,17,20,24-25,27-32,37-38H2,1-2H3,(H,61,62)/b7-5-,10-9-,13-12-,16-15-,19-18-,22-21-,26-23-,35-34+,36-33-/t39-,40-,41+,42-,46+,47+,48-,49+,50+,51+/m0/s1. The molecule has 1 aliphatic carbocycles. The SMILES string of the molecule is CC/C=C\C/C=C\C/C=C\C/C=C\C/C=C\C/C=C\CCC(=O)O[C@@H]1COC(=O)CCC/C=C\C[C@H]2/C=C\C(=O)[C@H](/C=C/[C@@H](O)CCCCC)[C@@H](O)[C@@H](O)[C@@H](OP(=O)(O)OC1)[C@H](O)[C@@H](O)[C@@H]2O. The summed E-state index contributed by atoms with van der Waals surface area (Å²) in [7, 11) is -5.45. The Morgan fingerprint density at radius 3 is 2.00 bits per heavy atom. The fraction of sp³-hybridized carbons (Fsp3) is 0.588. The lowest BCUT2D eigenvalue weighted by Crippen LogP contribution is -2.55. The second kappa shape index (κ2) is 35.3. The summed E-state index contributed by atoms with van der Waals surface area (Å²) in [6.07, 6.45) is 26.1. The summed E-state index contributed by atoms with van der Waals surface area (Å²) in [5, 5.41) is 67.1. The summed E-state index contributed by atoms with van der Waals surface area (Å²) in [5.41, 5.74) is 0. The number of ether oxygens (including phenoxy) is 2. The van der Waals surface area contributed by atoms with E-state index in [0.717, 1.165) is 51.0 Å². The number of phosphoric ester groups is 1. The highest BCUT2D eigenvalue weighted by Crippen LogP contribution is 2.47. The van der Waals surface area contributed by atoms with E-state index >= 15 is 0 Å². The zero-order valence-electron chi connectivity index (χ0n) is 39.2. The van der Waals surface area contributed by atoms with Crippen LogP contribution in [-0.2, 0) is 37.5 Å². The molecule has 7 N–H and O–H groups in total. The van der Waals surface area contributed by atoms with Gasteiger partial charge >= 0.3 is 19.8 Å². The van der Waals surface area contributed by atoms with Gasteiger partial charge in [0.05, 0.1) is 30.8 Å². The number of carbonyl (C=O) groups excluding carboxylic acids is 3. The number of ketones is 1. The Bertz CT molecular complexity index is 1750. The number of allylic oxidation sites excluding steroid dienone is 15. The van der Waals surface area contributed by atoms with Crippen LogP contribution in [0.4, 0.5) is 0 Å². The molecule has 1 heterocycles. The van der Waals surface area contributed by atoms with Crippen molar-refractivity contribution in [2.45, 2.75) is 165 Å². The summed E-state index contributed by atoms with van der Waals surface area (Å²) in [6.45, 7) is 2.66. The van der Waals surface area contributed by atoms with Crippen molar-refractivity contribution in [2.75, 3.05) is 13.2 Å². The molecule has 2 rings (SSSR count). The van der Waals surface area contributed by atoms with Gasteiger partial charge in [-0.2, -0.15) is 0 Å². The van der Waals surface area contributed by atoms with Crippen molar-refractivity contribution < 1.29 is 73.0 Å². The van der Waals surface area contributed by atoms with Crippen LogP contribution >= 0.6 is 7.82 Å². The largest absolute Gasteiger partial charge is 0.472 e. The zero-order valence-corrected chi connectivity index (χ0v) is 40.1. The summed E-state index contributed by atoms with van der Waals surface area (Å²) < 4.78 is 34.6. The second-order valence-corrected chi connectivity index (χ2v) is 17.9. The quantitative estimate of drug-likeness (QED) is 0.0260. The molecular formula is C51H77O15P. The van der Waals surface area contributed by atoms with Gasteiger partial charge in [-0.15, -0.1) is 0 Å². The number of rotatable bonds is 21. The maximum Gasteiger partial charge on any atom is 0.472 e. The molecule has 1 unspecified atom stereocenters. The lowest BCUT2D eigenvalue weighted by molar-refractivity contribution is -0.164. The molecule has 0 spiro atoms. The third kappa shape index (κ3) is 25.9. The summed E-state index contributed by atoms with van der Waals surface area (Å²) >= 11 is 0. The average Bonchev–Trinajstić information content (AvgIpc) is 3.30. The van der Waals surface area contributed by atoms with Crippen molar-refractivity contribution in [3.8, 4) is 0 Å². The van der Waals surface area contributed by atoms with Gasteiger partial charge in [0, 0.05) is 18.8 Å². The molecule has 67 heavy (non-hydrogen) atoms. The number of carbonyl (C=O) groups is 3. The van der Waals surface area contributed by atoms with E-state index in [1.54, 1.807) is 18.2 Å². The van der Waals surface area contributed by atoms with Crippen LogP contribution in [0.25, 0.3) is 0 Å². The molecular weight excluding hydrogens is 884 g/mol. The summed E-state index contributed by atoms with van der Waals surface area (Å²) in [5.74, 6) is -4.80. The molecule has 0 aromatic heterocycles.